The molecule has 0 nitrogen and oxygen atoms in total. The first kappa shape index (κ1) is 11.5. The van der Waals surface area contributed by atoms with Crippen LogP contribution >= 0.6 is 11.8 Å². The van der Waals surface area contributed by atoms with E-state index in [2.05, 4.69) is 34.6 Å². The second-order valence-corrected chi connectivity index (χ2v) is 7.04. The molecule has 0 N–H and O–H groups in total. The van der Waals surface area contributed by atoms with E-state index in [-0.39, 0.29) is 0 Å². The third-order valence-corrected chi connectivity index (χ3v) is 4.77. The summed E-state index contributed by atoms with van der Waals surface area (Å²) in [5, 5.41) is 1.13. The Morgan fingerprint density at radius 2 is 1.69 bits per heavy atom. The lowest BCUT2D eigenvalue weighted by Crippen LogP contribution is -2.20. The van der Waals surface area contributed by atoms with Gasteiger partial charge in [0.05, 0.1) is 7.85 Å². The largest absolute Gasteiger partial charge is 0.164 e. The molecule has 0 aromatic carbocycles. The molecule has 74 valence electrons. The number of rotatable bonds is 1. The van der Waals surface area contributed by atoms with Gasteiger partial charge in [-0.05, 0) is 28.8 Å². The van der Waals surface area contributed by atoms with Crippen LogP contribution in [0.4, 0.5) is 0 Å². The molecule has 0 amide bonds. The summed E-state index contributed by atoms with van der Waals surface area (Å²) in [5.74, 6) is 1.46. The highest BCUT2D eigenvalue weighted by atomic mass is 32.2. The molecule has 0 aromatic heterocycles. The van der Waals surface area contributed by atoms with Gasteiger partial charge in [-0.25, -0.2) is 0 Å². The summed E-state index contributed by atoms with van der Waals surface area (Å²) >= 11 is 1.99. The molecular weight excluding hydrogens is 175 g/mol. The van der Waals surface area contributed by atoms with Gasteiger partial charge >= 0.3 is 0 Å². The number of hydrogen-bond acceptors (Lipinski definition) is 1. The predicted molar refractivity (Wildman–Crippen MR) is 63.3 cm³/mol. The summed E-state index contributed by atoms with van der Waals surface area (Å²) in [7, 11) is 6.04. The molecule has 4 unspecified atom stereocenters. The summed E-state index contributed by atoms with van der Waals surface area (Å²) in [4.78, 5) is 0. The fraction of sp³-hybridized carbons (Fsp3) is 1.00. The Morgan fingerprint density at radius 3 is 2.00 bits per heavy atom. The molecule has 0 saturated carbocycles. The molecule has 1 aliphatic heterocycles. The summed E-state index contributed by atoms with van der Waals surface area (Å²) < 4.78 is 0. The van der Waals surface area contributed by atoms with Crippen molar-refractivity contribution in [1.29, 1.82) is 0 Å². The molecule has 0 aromatic rings. The first-order valence-corrected chi connectivity index (χ1v) is 6.16. The molecule has 1 fully saturated rings. The maximum absolute atomic E-state index is 6.04. The van der Waals surface area contributed by atoms with Crippen molar-refractivity contribution in [3.05, 3.63) is 0 Å². The minimum atomic E-state index is 0.363. The van der Waals surface area contributed by atoms with Gasteiger partial charge in [0, 0.05) is 5.25 Å². The number of hydrogen-bond donors (Lipinski definition) is 0. The third-order valence-electron chi connectivity index (χ3n) is 3.08. The Labute approximate surface area is 88.7 Å². The van der Waals surface area contributed by atoms with Crippen molar-refractivity contribution in [2.45, 2.75) is 51.4 Å². The molecule has 0 bridgehead atoms. The fourth-order valence-corrected chi connectivity index (χ4v) is 3.92. The van der Waals surface area contributed by atoms with E-state index in [1.807, 2.05) is 11.8 Å². The SMILES string of the molecule is [B]C1SC(CC(C)(C)C)C(C)C1C. The van der Waals surface area contributed by atoms with E-state index in [0.717, 1.165) is 11.2 Å². The fourth-order valence-electron chi connectivity index (χ4n) is 1.93. The van der Waals surface area contributed by atoms with Crippen molar-refractivity contribution in [3.63, 3.8) is 0 Å². The molecule has 1 saturated heterocycles. The highest BCUT2D eigenvalue weighted by molar-refractivity contribution is 8.01. The van der Waals surface area contributed by atoms with E-state index < -0.39 is 0 Å². The van der Waals surface area contributed by atoms with Crippen LogP contribution in [0.2, 0.25) is 0 Å². The standard InChI is InChI=1S/C11H21BS/c1-7-8(2)10(12)13-9(7)6-11(3,4)5/h7-10H,6H2,1-5H3. The zero-order valence-corrected chi connectivity index (χ0v) is 10.3. The van der Waals surface area contributed by atoms with Crippen LogP contribution in [0.3, 0.4) is 0 Å². The quantitative estimate of drug-likeness (QED) is 0.580. The minimum absolute atomic E-state index is 0.363. The van der Waals surface area contributed by atoms with Crippen molar-refractivity contribution in [3.8, 4) is 0 Å². The van der Waals surface area contributed by atoms with Crippen LogP contribution in [0, 0.1) is 17.3 Å². The molecule has 1 heterocycles. The van der Waals surface area contributed by atoms with Gasteiger partial charge in [-0.3, -0.25) is 0 Å². The smallest absolute Gasteiger partial charge is 0.0850 e. The van der Waals surface area contributed by atoms with Crippen LogP contribution in [0.25, 0.3) is 0 Å². The predicted octanol–water partition coefficient (Wildman–Crippen LogP) is 3.30. The Hall–Kier alpha value is 0.415. The van der Waals surface area contributed by atoms with Crippen LogP contribution in [0.1, 0.15) is 41.0 Å². The first-order valence-electron chi connectivity index (χ1n) is 5.22. The van der Waals surface area contributed by atoms with E-state index in [1.165, 1.54) is 6.42 Å². The van der Waals surface area contributed by atoms with E-state index in [4.69, 9.17) is 7.85 Å². The van der Waals surface area contributed by atoms with Crippen LogP contribution in [-0.4, -0.2) is 18.2 Å². The molecule has 13 heavy (non-hydrogen) atoms. The van der Waals surface area contributed by atoms with Crippen LogP contribution in [0.15, 0.2) is 0 Å². The monoisotopic (exact) mass is 196 g/mol. The Morgan fingerprint density at radius 1 is 1.15 bits per heavy atom. The molecule has 2 radical (unpaired) electrons. The summed E-state index contributed by atoms with van der Waals surface area (Å²) in [5.41, 5.74) is 0.440. The molecule has 2 heteroatoms. The van der Waals surface area contributed by atoms with E-state index in [0.29, 0.717) is 16.5 Å². The van der Waals surface area contributed by atoms with Gasteiger partial charge in [-0.1, -0.05) is 34.6 Å². The van der Waals surface area contributed by atoms with Gasteiger partial charge in [0.25, 0.3) is 0 Å². The van der Waals surface area contributed by atoms with Crippen LogP contribution in [-0.2, 0) is 0 Å². The maximum atomic E-state index is 6.04. The normalized spacial score (nSPS) is 41.0. The summed E-state index contributed by atoms with van der Waals surface area (Å²) in [6.07, 6.45) is 1.29. The van der Waals surface area contributed by atoms with Crippen molar-refractivity contribution < 1.29 is 0 Å². The maximum Gasteiger partial charge on any atom is 0.0850 e. The second kappa shape index (κ2) is 3.88. The van der Waals surface area contributed by atoms with Crippen molar-refractivity contribution >= 4 is 19.6 Å². The lowest BCUT2D eigenvalue weighted by Gasteiger charge is -2.25. The Bertz CT molecular complexity index is 173. The van der Waals surface area contributed by atoms with E-state index in [1.54, 1.807) is 0 Å². The van der Waals surface area contributed by atoms with E-state index >= 15 is 0 Å². The topological polar surface area (TPSA) is 0 Å². The van der Waals surface area contributed by atoms with Crippen molar-refractivity contribution in [1.82, 2.24) is 0 Å². The molecule has 1 rings (SSSR count). The van der Waals surface area contributed by atoms with Gasteiger partial charge in [-0.2, -0.15) is 11.8 Å². The van der Waals surface area contributed by atoms with Gasteiger partial charge < -0.3 is 0 Å². The molecular formula is C11H21BS. The second-order valence-electron chi connectivity index (χ2n) is 5.62. The molecule has 0 aliphatic carbocycles. The summed E-state index contributed by atoms with van der Waals surface area (Å²) in [6, 6.07) is 0. The highest BCUT2D eigenvalue weighted by Gasteiger charge is 2.37. The zero-order valence-electron chi connectivity index (χ0n) is 9.50. The van der Waals surface area contributed by atoms with Gasteiger partial charge in [0.2, 0.25) is 0 Å². The molecule has 1 aliphatic rings. The van der Waals surface area contributed by atoms with Crippen molar-refractivity contribution in [2.24, 2.45) is 17.3 Å². The lowest BCUT2D eigenvalue weighted by atomic mass is 9.78. The Kier molecular flexibility index (Phi) is 3.43. The highest BCUT2D eigenvalue weighted by Crippen LogP contribution is 2.45. The van der Waals surface area contributed by atoms with Crippen molar-refractivity contribution in [2.75, 3.05) is 0 Å². The molecule has 0 spiro atoms. The average molecular weight is 196 g/mol. The third kappa shape index (κ3) is 2.94. The van der Waals surface area contributed by atoms with Gasteiger partial charge in [0.15, 0.2) is 0 Å². The van der Waals surface area contributed by atoms with Gasteiger partial charge in [-0.15, -0.1) is 0 Å². The van der Waals surface area contributed by atoms with Crippen LogP contribution in [0.5, 0.6) is 0 Å². The lowest BCUT2D eigenvalue weighted by molar-refractivity contribution is 0.316. The van der Waals surface area contributed by atoms with Gasteiger partial charge in [0.1, 0.15) is 0 Å². The average Bonchev–Trinajstić information content (AvgIpc) is 2.15. The molecule has 4 atom stereocenters. The van der Waals surface area contributed by atoms with Crippen LogP contribution < -0.4 is 0 Å². The Balaban J connectivity index is 2.54. The minimum Gasteiger partial charge on any atom is -0.164 e. The first-order chi connectivity index (χ1) is 5.81. The summed E-state index contributed by atoms with van der Waals surface area (Å²) in [6.45, 7) is 11.6. The van der Waals surface area contributed by atoms with E-state index in [9.17, 15) is 0 Å². The zero-order chi connectivity index (χ0) is 10.2. The number of thioether (sulfide) groups is 1.